The van der Waals surface area contributed by atoms with E-state index in [1.54, 1.807) is 24.3 Å². The topological polar surface area (TPSA) is 167 Å². The van der Waals surface area contributed by atoms with Crippen molar-refractivity contribution in [2.24, 2.45) is 22.6 Å². The molecule has 2 aromatic carbocycles. The van der Waals surface area contributed by atoms with Gasteiger partial charge in [0, 0.05) is 24.6 Å². The molecule has 0 bridgehead atoms. The Labute approximate surface area is 264 Å². The van der Waals surface area contributed by atoms with E-state index in [1.807, 2.05) is 42.2 Å². The van der Waals surface area contributed by atoms with E-state index in [2.05, 4.69) is 44.2 Å². The first-order chi connectivity index (χ1) is 21.4. The number of benzene rings is 2. The van der Waals surface area contributed by atoms with Crippen LogP contribution in [0, 0.1) is 16.0 Å². The van der Waals surface area contributed by atoms with Gasteiger partial charge in [0.2, 0.25) is 5.91 Å². The molecule has 0 saturated carbocycles. The summed E-state index contributed by atoms with van der Waals surface area (Å²) in [6.07, 6.45) is 6.36. The van der Waals surface area contributed by atoms with Crippen molar-refractivity contribution in [3.8, 4) is 5.75 Å². The summed E-state index contributed by atoms with van der Waals surface area (Å²) in [6, 6.07) is 13.9. The van der Waals surface area contributed by atoms with Crippen molar-refractivity contribution in [1.82, 2.24) is 10.0 Å². The number of unbranched alkanes of at least 4 members (excludes halogenated alkanes) is 1. The molecule has 2 aromatic rings. The number of hydrogen-bond acceptors (Lipinski definition) is 8. The number of hydrazone groups is 1. The summed E-state index contributed by atoms with van der Waals surface area (Å²) >= 11 is 0. The van der Waals surface area contributed by atoms with Gasteiger partial charge in [0.05, 0.1) is 0 Å². The number of ether oxygens (including phenoxy) is 1. The molecule has 242 valence electrons. The molecule has 2 rings (SSSR count). The van der Waals surface area contributed by atoms with Crippen LogP contribution in [0.15, 0.2) is 84.0 Å². The van der Waals surface area contributed by atoms with Crippen molar-refractivity contribution >= 4 is 23.4 Å². The first-order valence-corrected chi connectivity index (χ1v) is 14.8. The highest BCUT2D eigenvalue weighted by Crippen LogP contribution is 2.26. The van der Waals surface area contributed by atoms with Gasteiger partial charge >= 0.3 is 6.09 Å². The van der Waals surface area contributed by atoms with Crippen LogP contribution >= 0.6 is 0 Å². The van der Waals surface area contributed by atoms with E-state index in [1.165, 1.54) is 12.1 Å². The number of nitrogens with zero attached hydrogens (tertiary/aromatic N) is 4. The van der Waals surface area contributed by atoms with Crippen molar-refractivity contribution in [1.29, 1.82) is 0 Å². The fourth-order valence-electron chi connectivity index (χ4n) is 4.37. The average Bonchev–Trinajstić information content (AvgIpc) is 3.01. The number of nitrogens with two attached hydrogens (primary N) is 2. The second kappa shape index (κ2) is 18.0. The van der Waals surface area contributed by atoms with Gasteiger partial charge in [-0.15, -0.1) is 20.3 Å². The Morgan fingerprint density at radius 3 is 2.40 bits per heavy atom. The van der Waals surface area contributed by atoms with Gasteiger partial charge in [-0.1, -0.05) is 88.4 Å². The van der Waals surface area contributed by atoms with Crippen molar-refractivity contribution in [2.45, 2.75) is 73.1 Å². The predicted octanol–water partition coefficient (Wildman–Crippen LogP) is 6.12. The maximum atomic E-state index is 13.0. The van der Waals surface area contributed by atoms with E-state index >= 15 is 0 Å². The van der Waals surface area contributed by atoms with E-state index in [4.69, 9.17) is 16.3 Å². The number of hydrazine groups is 1. The number of allylic oxidation sites excluding steroid dienone is 3. The first-order valence-electron chi connectivity index (χ1n) is 14.8. The minimum absolute atomic E-state index is 0.0712. The zero-order valence-electron chi connectivity index (χ0n) is 26.6. The molecule has 0 spiro atoms. The Bertz CT molecular complexity index is 1420. The summed E-state index contributed by atoms with van der Waals surface area (Å²) < 4.78 is 5.24. The molecule has 2 amide bonds. The Kier molecular flexibility index (Phi) is 14.5. The third-order valence-corrected chi connectivity index (χ3v) is 7.12. The van der Waals surface area contributed by atoms with E-state index in [0.29, 0.717) is 35.1 Å². The molecule has 0 fully saturated rings. The molecule has 12 heteroatoms. The van der Waals surface area contributed by atoms with Crippen LogP contribution in [0.2, 0.25) is 0 Å². The van der Waals surface area contributed by atoms with Crippen molar-refractivity contribution in [3.63, 3.8) is 0 Å². The average molecular weight is 621 g/mol. The molecule has 1 atom stereocenters. The van der Waals surface area contributed by atoms with Crippen LogP contribution in [-0.2, 0) is 22.8 Å². The van der Waals surface area contributed by atoms with E-state index in [0.717, 1.165) is 29.5 Å². The summed E-state index contributed by atoms with van der Waals surface area (Å²) in [6.45, 7) is 14.2. The Hall–Kier alpha value is -4.97. The number of carbonyl (C=O) groups is 2. The van der Waals surface area contributed by atoms with Crippen LogP contribution in [-0.4, -0.2) is 39.0 Å². The third-order valence-electron chi connectivity index (χ3n) is 7.12. The van der Waals surface area contributed by atoms with Gasteiger partial charge in [-0.2, -0.15) is 0 Å². The lowest BCUT2D eigenvalue weighted by molar-refractivity contribution is -0.763. The summed E-state index contributed by atoms with van der Waals surface area (Å²) in [5, 5.41) is 14.0. The molecule has 12 nitrogen and oxygen atoms in total. The van der Waals surface area contributed by atoms with Crippen LogP contribution < -0.4 is 16.3 Å². The smallest absolute Gasteiger partial charge is 0.408 e. The largest absolute Gasteiger partial charge is 0.451 e. The molecule has 0 aliphatic rings. The second-order valence-corrected chi connectivity index (χ2v) is 10.7. The second-order valence-electron chi connectivity index (χ2n) is 10.7. The summed E-state index contributed by atoms with van der Waals surface area (Å²) in [5.41, 5.74) is 9.72. The number of carbonyl (C=O) groups excluding carboxylic acids is 2. The normalized spacial score (nSPS) is 12.8. The van der Waals surface area contributed by atoms with Crippen molar-refractivity contribution in [2.75, 3.05) is 0 Å². The monoisotopic (exact) mass is 620 g/mol. The molecule has 0 aromatic heterocycles. The number of hydrogen-bond donors (Lipinski definition) is 2. The molecule has 45 heavy (non-hydrogen) atoms. The van der Waals surface area contributed by atoms with Crippen LogP contribution in [0.4, 0.5) is 4.79 Å². The molecule has 0 aliphatic heterocycles. The molecule has 0 radical (unpaired) electrons. The molecular formula is C33H44N6O6. The number of amidine groups is 1. The number of rotatable bonds is 16. The van der Waals surface area contributed by atoms with Crippen LogP contribution in [0.3, 0.4) is 0 Å². The number of amides is 2. The maximum absolute atomic E-state index is 13.0. The molecule has 1 unspecified atom stereocenters. The van der Waals surface area contributed by atoms with Gasteiger partial charge in [-0.3, -0.25) is 4.79 Å². The fourth-order valence-corrected chi connectivity index (χ4v) is 4.37. The van der Waals surface area contributed by atoms with Gasteiger partial charge in [-0.25, -0.2) is 10.6 Å². The van der Waals surface area contributed by atoms with Gasteiger partial charge in [0.15, 0.2) is 5.84 Å². The Morgan fingerprint density at radius 2 is 1.82 bits per heavy atom. The van der Waals surface area contributed by atoms with Gasteiger partial charge in [-0.05, 0) is 60.6 Å². The van der Waals surface area contributed by atoms with Gasteiger partial charge in [0.1, 0.15) is 12.4 Å². The molecule has 4 N–H and O–H groups in total. The zero-order chi connectivity index (χ0) is 33.5. The highest BCUT2D eigenvalue weighted by molar-refractivity contribution is 6.11. The predicted molar refractivity (Wildman–Crippen MR) is 175 cm³/mol. The summed E-state index contributed by atoms with van der Waals surface area (Å²) in [5.74, 6) is 6.33. The first kappa shape index (κ1) is 36.2. The minimum Gasteiger partial charge on any atom is -0.408 e. The Balaban J connectivity index is 2.23. The molecule has 0 saturated heterocycles. The van der Waals surface area contributed by atoms with E-state index in [-0.39, 0.29) is 30.1 Å². The minimum atomic E-state index is -1.04. The zero-order valence-corrected chi connectivity index (χ0v) is 26.6. The van der Waals surface area contributed by atoms with Crippen LogP contribution in [0.25, 0.3) is 5.57 Å². The summed E-state index contributed by atoms with van der Waals surface area (Å²) in [7, 11) is 0. The SMILES string of the molecule is C=C/C=C(C(=C/C)\c1ccc(CN(C(=O)CCCC)C(C)C(C)C)cc1)/C(N)=N/N(N)C(=O)Oc1cccc(CO[N+](=O)[O-])c1. The van der Waals surface area contributed by atoms with Crippen LogP contribution in [0.5, 0.6) is 5.75 Å². The molecular weight excluding hydrogens is 576 g/mol. The third kappa shape index (κ3) is 11.2. The highest BCUT2D eigenvalue weighted by Gasteiger charge is 2.23. The summed E-state index contributed by atoms with van der Waals surface area (Å²) in [4.78, 5) is 42.4. The lowest BCUT2D eigenvalue weighted by Crippen LogP contribution is -2.40. The van der Waals surface area contributed by atoms with Gasteiger partial charge in [0.25, 0.3) is 5.09 Å². The lowest BCUT2D eigenvalue weighted by Gasteiger charge is -2.32. The lowest BCUT2D eigenvalue weighted by atomic mass is 9.95. The quantitative estimate of drug-likeness (QED) is 0.0430. The maximum Gasteiger partial charge on any atom is 0.451 e. The molecule has 0 aliphatic carbocycles. The fraction of sp³-hybridized carbons (Fsp3) is 0.364. The van der Waals surface area contributed by atoms with E-state index < -0.39 is 11.2 Å². The van der Waals surface area contributed by atoms with Gasteiger partial charge < -0.3 is 20.2 Å². The Morgan fingerprint density at radius 1 is 1.13 bits per heavy atom. The van der Waals surface area contributed by atoms with Crippen LogP contribution in [0.1, 0.15) is 70.6 Å². The van der Waals surface area contributed by atoms with E-state index in [9.17, 15) is 19.7 Å². The van der Waals surface area contributed by atoms with Crippen molar-refractivity contribution in [3.05, 3.63) is 106 Å². The highest BCUT2D eigenvalue weighted by atomic mass is 16.9. The standard InChI is InChI=1S/C33H44N6O6/c1-7-10-15-31(40)37(24(6)23(4)5)21-25-16-18-27(19-17-25)29(9-3)30(12-8-2)32(34)36-38(35)33(41)45-28-14-11-13-26(20-28)22-44-39(42)43/h8-9,11-14,16-20,23-24H,2,7,10,15,21-22,35H2,1,3-6H3,(H2,34,36)/b29-9-,30-12+. The molecule has 0 heterocycles. The van der Waals surface area contributed by atoms with Crippen molar-refractivity contribution < 1.29 is 24.3 Å².